The highest BCUT2D eigenvalue weighted by Gasteiger charge is 2.24. The van der Waals surface area contributed by atoms with Crippen LogP contribution in [0.1, 0.15) is 252 Å². The largest absolute Gasteiger partial charge is 0.462 e. The zero-order valence-electron chi connectivity index (χ0n) is 39.1. The predicted molar refractivity (Wildman–Crippen MR) is 255 cm³/mol. The molecule has 6 nitrogen and oxygen atoms in total. The Morgan fingerprint density at radius 3 is 1.42 bits per heavy atom. The van der Waals surface area contributed by atoms with E-state index in [4.69, 9.17) is 4.74 Å². The molecule has 0 aliphatic heterocycles. The van der Waals surface area contributed by atoms with Gasteiger partial charge in [0.25, 0.3) is 0 Å². The molecule has 3 N–H and O–H groups in total. The molecule has 3 unspecified atom stereocenters. The molecule has 0 saturated carbocycles. The van der Waals surface area contributed by atoms with Crippen LogP contribution in [-0.4, -0.2) is 46.9 Å². The van der Waals surface area contributed by atoms with Gasteiger partial charge in [0, 0.05) is 6.42 Å². The van der Waals surface area contributed by atoms with Gasteiger partial charge in [-0.05, 0) is 83.5 Å². The molecule has 0 aromatic carbocycles. The Kier molecular flexibility index (Phi) is 45.1. The third-order valence-corrected chi connectivity index (χ3v) is 11.4. The monoisotopic (exact) mass is 828 g/mol. The van der Waals surface area contributed by atoms with Crippen molar-refractivity contribution in [3.63, 3.8) is 0 Å². The number of esters is 1. The number of allylic oxidation sites excluding steroid dienone is 8. The Balaban J connectivity index is 4.61. The van der Waals surface area contributed by atoms with E-state index in [0.717, 1.165) is 96.3 Å². The van der Waals surface area contributed by atoms with Gasteiger partial charge in [0.05, 0.1) is 25.2 Å². The van der Waals surface area contributed by atoms with Gasteiger partial charge in [-0.15, -0.1) is 0 Å². The van der Waals surface area contributed by atoms with E-state index >= 15 is 0 Å². The second-order valence-corrected chi connectivity index (χ2v) is 17.2. The third-order valence-electron chi connectivity index (χ3n) is 11.4. The summed E-state index contributed by atoms with van der Waals surface area (Å²) in [5.74, 6) is -0.500. The molecule has 6 heteroatoms. The normalized spacial score (nSPS) is 13.6. The summed E-state index contributed by atoms with van der Waals surface area (Å²) in [6.45, 7) is 6.35. The molecule has 0 bridgehead atoms. The highest BCUT2D eigenvalue weighted by Crippen LogP contribution is 2.17. The lowest BCUT2D eigenvalue weighted by molar-refractivity contribution is -0.151. The van der Waals surface area contributed by atoms with E-state index in [1.807, 2.05) is 0 Å². The first-order valence-corrected chi connectivity index (χ1v) is 25.4. The molecule has 0 rings (SSSR count). The molecular weight excluding hydrogens is 731 g/mol. The molecule has 0 saturated heterocycles. The summed E-state index contributed by atoms with van der Waals surface area (Å²) in [5.41, 5.74) is 0. The number of ether oxygens (including phenoxy) is 1. The van der Waals surface area contributed by atoms with Crippen LogP contribution in [0.2, 0.25) is 0 Å². The Morgan fingerprint density at radius 1 is 0.508 bits per heavy atom. The molecule has 1 amide bonds. The number of carbonyl (C=O) groups excluding carboxylic acids is 2. The van der Waals surface area contributed by atoms with Gasteiger partial charge in [0.2, 0.25) is 5.91 Å². The first kappa shape index (κ1) is 56.8. The minimum absolute atomic E-state index is 0.0621. The standard InChI is InChI=1S/C53H97NO5/c1-4-7-10-13-16-19-22-24-26-27-29-31-34-37-40-43-46-53(58)59-49(44-41-38-35-32-30-28-25-23-20-17-14-11-8-5-2)47-52(57)54-50(48-55)51(56)45-42-39-36-33-21-18-15-12-9-6-3/h7,10,16,19,24,26,28,30,49-51,55-56H,4-6,8-9,11-15,17-18,20-23,25,27,29,31-48H2,1-3H3,(H,54,57)/b10-7+,19-16+,26-24+,30-28+. The molecule has 0 aliphatic carbocycles. The van der Waals surface area contributed by atoms with Gasteiger partial charge in [-0.25, -0.2) is 0 Å². The average Bonchev–Trinajstić information content (AvgIpc) is 3.23. The summed E-state index contributed by atoms with van der Waals surface area (Å²) in [7, 11) is 0. The quantitative estimate of drug-likeness (QED) is 0.0323. The maximum atomic E-state index is 13.2. The molecule has 0 radical (unpaired) electrons. The molecule has 0 aliphatic rings. The van der Waals surface area contributed by atoms with Gasteiger partial charge in [0.15, 0.2) is 0 Å². The fourth-order valence-corrected chi connectivity index (χ4v) is 7.56. The molecular formula is C53H97NO5. The Bertz CT molecular complexity index is 1020. The average molecular weight is 828 g/mol. The van der Waals surface area contributed by atoms with Crippen molar-refractivity contribution in [3.05, 3.63) is 48.6 Å². The lowest BCUT2D eigenvalue weighted by Crippen LogP contribution is -2.46. The maximum Gasteiger partial charge on any atom is 0.306 e. The van der Waals surface area contributed by atoms with E-state index in [2.05, 4.69) is 74.7 Å². The second kappa shape index (κ2) is 46.9. The fraction of sp³-hybridized carbons (Fsp3) is 0.811. The lowest BCUT2D eigenvalue weighted by Gasteiger charge is -2.24. The zero-order chi connectivity index (χ0) is 43.1. The van der Waals surface area contributed by atoms with Crippen LogP contribution in [0.3, 0.4) is 0 Å². The zero-order valence-corrected chi connectivity index (χ0v) is 39.1. The number of nitrogens with one attached hydrogen (secondary N) is 1. The van der Waals surface area contributed by atoms with Gasteiger partial charge in [-0.2, -0.15) is 0 Å². The van der Waals surface area contributed by atoms with Gasteiger partial charge in [-0.1, -0.05) is 204 Å². The SMILES string of the molecule is CC/C=C/C/C=C/C/C=C/CCCCCCCCC(=O)OC(CCCCC/C=C/CCCCCCCCC)CC(=O)NC(CO)C(O)CCCCCCCCCCCC. The second-order valence-electron chi connectivity index (χ2n) is 17.2. The van der Waals surface area contributed by atoms with Crippen LogP contribution >= 0.6 is 0 Å². The van der Waals surface area contributed by atoms with Gasteiger partial charge >= 0.3 is 5.97 Å². The number of rotatable bonds is 45. The van der Waals surface area contributed by atoms with Crippen molar-refractivity contribution in [2.24, 2.45) is 0 Å². The van der Waals surface area contributed by atoms with Crippen molar-refractivity contribution in [2.45, 2.75) is 270 Å². The van der Waals surface area contributed by atoms with Crippen molar-refractivity contribution < 1.29 is 24.5 Å². The van der Waals surface area contributed by atoms with E-state index in [1.54, 1.807) is 0 Å². The predicted octanol–water partition coefficient (Wildman–Crippen LogP) is 15.1. The fourth-order valence-electron chi connectivity index (χ4n) is 7.56. The maximum absolute atomic E-state index is 13.2. The van der Waals surface area contributed by atoms with Gasteiger partial charge in [0.1, 0.15) is 6.10 Å². The van der Waals surface area contributed by atoms with Crippen LogP contribution < -0.4 is 5.32 Å². The summed E-state index contributed by atoms with van der Waals surface area (Å²) in [6, 6.07) is -0.707. The Hall–Kier alpha value is -2.18. The van der Waals surface area contributed by atoms with Crippen LogP contribution in [-0.2, 0) is 14.3 Å². The number of hydrogen-bond acceptors (Lipinski definition) is 5. The number of amides is 1. The van der Waals surface area contributed by atoms with E-state index < -0.39 is 18.2 Å². The van der Waals surface area contributed by atoms with Gasteiger partial charge in [-0.3, -0.25) is 9.59 Å². The van der Waals surface area contributed by atoms with Crippen molar-refractivity contribution in [1.82, 2.24) is 5.32 Å². The molecule has 344 valence electrons. The number of unbranched alkanes of at least 4 members (excludes halogenated alkanes) is 25. The van der Waals surface area contributed by atoms with Crippen molar-refractivity contribution in [2.75, 3.05) is 6.61 Å². The topological polar surface area (TPSA) is 95.9 Å². The smallest absolute Gasteiger partial charge is 0.306 e. The van der Waals surface area contributed by atoms with Gasteiger partial charge < -0.3 is 20.3 Å². The van der Waals surface area contributed by atoms with Crippen LogP contribution in [0.25, 0.3) is 0 Å². The molecule has 0 aromatic rings. The third kappa shape index (κ3) is 42.3. The lowest BCUT2D eigenvalue weighted by atomic mass is 10.0. The summed E-state index contributed by atoms with van der Waals surface area (Å²) >= 11 is 0. The summed E-state index contributed by atoms with van der Waals surface area (Å²) < 4.78 is 5.92. The highest BCUT2D eigenvalue weighted by atomic mass is 16.5. The molecule has 59 heavy (non-hydrogen) atoms. The summed E-state index contributed by atoms with van der Waals surface area (Å²) in [5, 5.41) is 23.7. The van der Waals surface area contributed by atoms with Crippen molar-refractivity contribution in [1.29, 1.82) is 0 Å². The molecule has 0 aromatic heterocycles. The van der Waals surface area contributed by atoms with Crippen LogP contribution in [0, 0.1) is 0 Å². The van der Waals surface area contributed by atoms with E-state index in [1.165, 1.54) is 109 Å². The minimum Gasteiger partial charge on any atom is -0.462 e. The van der Waals surface area contributed by atoms with Crippen molar-refractivity contribution >= 4 is 11.9 Å². The summed E-state index contributed by atoms with van der Waals surface area (Å²) in [6.07, 6.45) is 56.0. The van der Waals surface area contributed by atoms with Crippen LogP contribution in [0.5, 0.6) is 0 Å². The van der Waals surface area contributed by atoms with E-state index in [9.17, 15) is 19.8 Å². The first-order chi connectivity index (χ1) is 29.0. The molecule has 0 fully saturated rings. The van der Waals surface area contributed by atoms with E-state index in [0.29, 0.717) is 19.3 Å². The number of hydrogen-bond donors (Lipinski definition) is 3. The highest BCUT2D eigenvalue weighted by molar-refractivity contribution is 5.77. The van der Waals surface area contributed by atoms with E-state index in [-0.39, 0.29) is 24.9 Å². The number of carbonyl (C=O) groups is 2. The molecule has 0 heterocycles. The minimum atomic E-state index is -0.792. The summed E-state index contributed by atoms with van der Waals surface area (Å²) in [4.78, 5) is 26.1. The number of aliphatic hydroxyl groups excluding tert-OH is 2. The Morgan fingerprint density at radius 2 is 0.915 bits per heavy atom. The molecule has 0 spiro atoms. The van der Waals surface area contributed by atoms with Crippen LogP contribution in [0.4, 0.5) is 0 Å². The Labute approximate surface area is 366 Å². The van der Waals surface area contributed by atoms with Crippen molar-refractivity contribution in [3.8, 4) is 0 Å². The number of aliphatic hydroxyl groups is 2. The first-order valence-electron chi connectivity index (χ1n) is 25.4. The molecule has 3 atom stereocenters. The van der Waals surface area contributed by atoms with Crippen LogP contribution in [0.15, 0.2) is 48.6 Å².